The third kappa shape index (κ3) is 5.33. The zero-order chi connectivity index (χ0) is 25.9. The molecule has 1 fully saturated rings. The molecule has 1 saturated heterocycles. The smallest absolute Gasteiger partial charge is 0.248 e. The van der Waals surface area contributed by atoms with Gasteiger partial charge >= 0.3 is 0 Å². The van der Waals surface area contributed by atoms with Crippen molar-refractivity contribution in [2.45, 2.75) is 25.8 Å². The molecule has 1 unspecified atom stereocenters. The number of likely N-dealkylation sites (N-methyl/N-ethyl adjacent to an activating group) is 1. The summed E-state index contributed by atoms with van der Waals surface area (Å²) >= 11 is 6.01. The second-order valence-electron chi connectivity index (χ2n) is 9.24. The number of likely N-dealkylation sites (tertiary alicyclic amines) is 1. The molecule has 4 aromatic rings. The Hall–Kier alpha value is -3.81. The predicted molar refractivity (Wildman–Crippen MR) is 148 cm³/mol. The molecule has 0 spiro atoms. The number of amides is 1. The lowest BCUT2D eigenvalue weighted by molar-refractivity contribution is -0.111. The first-order chi connectivity index (χ1) is 17.9. The number of aryl methyl sites for hydroxylation is 1. The molecular weight excluding hydrogens is 489 g/mol. The highest BCUT2D eigenvalue weighted by atomic mass is 35.5. The summed E-state index contributed by atoms with van der Waals surface area (Å²) in [5.74, 6) is -0.387. The van der Waals surface area contributed by atoms with E-state index < -0.39 is 5.82 Å². The van der Waals surface area contributed by atoms with Crippen LogP contribution in [0.15, 0.2) is 73.1 Å². The van der Waals surface area contributed by atoms with Gasteiger partial charge in [0.15, 0.2) is 5.82 Å². The number of hydrogen-bond acceptors (Lipinski definition) is 5. The highest BCUT2D eigenvalue weighted by Crippen LogP contribution is 2.39. The summed E-state index contributed by atoms with van der Waals surface area (Å²) in [5, 5.41) is 6.80. The number of anilines is 3. The molecule has 8 heteroatoms. The molecule has 3 aromatic carbocycles. The van der Waals surface area contributed by atoms with Crippen LogP contribution in [0.2, 0.25) is 5.02 Å². The van der Waals surface area contributed by atoms with E-state index in [0.717, 1.165) is 36.1 Å². The molecule has 2 heterocycles. The van der Waals surface area contributed by atoms with Crippen molar-refractivity contribution in [2.75, 3.05) is 24.2 Å². The van der Waals surface area contributed by atoms with Crippen molar-refractivity contribution in [3.8, 4) is 11.1 Å². The topological polar surface area (TPSA) is 70.2 Å². The van der Waals surface area contributed by atoms with Crippen LogP contribution in [0.1, 0.15) is 18.4 Å². The second-order valence-corrected chi connectivity index (χ2v) is 9.65. The molecular formula is C29H27ClFN5O. The molecule has 5 rings (SSSR count). The van der Waals surface area contributed by atoms with Gasteiger partial charge in [0, 0.05) is 23.4 Å². The van der Waals surface area contributed by atoms with Crippen LogP contribution < -0.4 is 10.6 Å². The summed E-state index contributed by atoms with van der Waals surface area (Å²) in [6.45, 7) is 3.03. The Morgan fingerprint density at radius 1 is 1.14 bits per heavy atom. The Morgan fingerprint density at radius 3 is 2.76 bits per heavy atom. The first-order valence-electron chi connectivity index (χ1n) is 12.2. The van der Waals surface area contributed by atoms with Crippen molar-refractivity contribution in [1.29, 1.82) is 0 Å². The van der Waals surface area contributed by atoms with Gasteiger partial charge in [-0.25, -0.2) is 14.4 Å². The number of hydrogen-bond donors (Lipinski definition) is 2. The summed E-state index contributed by atoms with van der Waals surface area (Å²) in [4.78, 5) is 24.1. The van der Waals surface area contributed by atoms with Crippen LogP contribution in [-0.4, -0.2) is 40.4 Å². The van der Waals surface area contributed by atoms with Crippen LogP contribution in [0.25, 0.3) is 22.0 Å². The van der Waals surface area contributed by atoms with Crippen LogP contribution in [0.4, 0.5) is 21.6 Å². The lowest BCUT2D eigenvalue weighted by atomic mass is 9.97. The van der Waals surface area contributed by atoms with E-state index in [0.29, 0.717) is 22.4 Å². The zero-order valence-electron chi connectivity index (χ0n) is 20.6. The molecule has 0 radical (unpaired) electrons. The lowest BCUT2D eigenvalue weighted by Crippen LogP contribution is -2.23. The third-order valence-corrected chi connectivity index (χ3v) is 6.91. The molecule has 1 aromatic heterocycles. The normalized spacial score (nSPS) is 15.9. The molecule has 6 nitrogen and oxygen atoms in total. The molecule has 37 heavy (non-hydrogen) atoms. The fourth-order valence-corrected chi connectivity index (χ4v) is 4.91. The van der Waals surface area contributed by atoms with Crippen molar-refractivity contribution in [3.63, 3.8) is 0 Å². The summed E-state index contributed by atoms with van der Waals surface area (Å²) in [6, 6.07) is 16.6. The zero-order valence-corrected chi connectivity index (χ0v) is 21.4. The van der Waals surface area contributed by atoms with Gasteiger partial charge in [0.25, 0.3) is 0 Å². The molecule has 1 aliphatic rings. The Morgan fingerprint density at radius 2 is 1.97 bits per heavy atom. The van der Waals surface area contributed by atoms with Gasteiger partial charge in [-0.05, 0) is 63.2 Å². The lowest BCUT2D eigenvalue weighted by Gasteiger charge is -2.17. The fraction of sp³-hybridized carbons (Fsp3) is 0.207. The molecule has 188 valence electrons. The van der Waals surface area contributed by atoms with Gasteiger partial charge in [0.1, 0.15) is 12.1 Å². The van der Waals surface area contributed by atoms with E-state index in [4.69, 9.17) is 11.6 Å². The maximum absolute atomic E-state index is 14.7. The minimum atomic E-state index is -0.570. The number of rotatable bonds is 6. The van der Waals surface area contributed by atoms with Crippen LogP contribution in [0.3, 0.4) is 0 Å². The number of nitrogens with one attached hydrogen (secondary N) is 2. The van der Waals surface area contributed by atoms with Gasteiger partial charge in [-0.15, -0.1) is 0 Å². The van der Waals surface area contributed by atoms with Crippen molar-refractivity contribution in [1.82, 2.24) is 14.9 Å². The van der Waals surface area contributed by atoms with E-state index in [1.165, 1.54) is 12.4 Å². The summed E-state index contributed by atoms with van der Waals surface area (Å²) in [6.07, 6.45) is 7.13. The molecule has 2 N–H and O–H groups in total. The third-order valence-electron chi connectivity index (χ3n) is 6.62. The minimum absolute atomic E-state index is 0.00918. The van der Waals surface area contributed by atoms with Crippen LogP contribution in [0.5, 0.6) is 0 Å². The van der Waals surface area contributed by atoms with E-state index in [-0.39, 0.29) is 22.7 Å². The number of aromatic nitrogens is 2. The molecule has 0 saturated carbocycles. The minimum Gasteiger partial charge on any atom is -0.337 e. The number of carbonyl (C=O) groups excluding carboxylic acids is 1. The standard InChI is InChI=1S/C29H27ClFN5O/c1-18-6-3-7-19(16-18)26-23(34-25(37)14-11-20-8-5-15-36(20)2)13-12-22-27(26)29(33-17-32-22)35-24-10-4-9-21(30)28(24)31/h3-4,6-7,9-14,16-17,20H,5,8,15H2,1-2H3,(H,34,37)(H,32,33,35)/b14-11+. The average Bonchev–Trinajstić information content (AvgIpc) is 3.30. The van der Waals surface area contributed by atoms with E-state index in [2.05, 4.69) is 32.5 Å². The maximum Gasteiger partial charge on any atom is 0.248 e. The first kappa shape index (κ1) is 24.9. The monoisotopic (exact) mass is 515 g/mol. The van der Waals surface area contributed by atoms with Gasteiger partial charge in [-0.2, -0.15) is 0 Å². The van der Waals surface area contributed by atoms with Crippen LogP contribution in [0, 0.1) is 12.7 Å². The van der Waals surface area contributed by atoms with Gasteiger partial charge in [-0.3, -0.25) is 9.69 Å². The largest absolute Gasteiger partial charge is 0.337 e. The van der Waals surface area contributed by atoms with E-state index in [9.17, 15) is 9.18 Å². The van der Waals surface area contributed by atoms with Gasteiger partial charge in [0.2, 0.25) is 5.91 Å². The maximum atomic E-state index is 14.7. The quantitative estimate of drug-likeness (QED) is 0.279. The molecule has 0 aliphatic carbocycles. The highest BCUT2D eigenvalue weighted by Gasteiger charge is 2.20. The van der Waals surface area contributed by atoms with Gasteiger partial charge < -0.3 is 10.6 Å². The second kappa shape index (κ2) is 10.7. The van der Waals surface area contributed by atoms with E-state index in [1.54, 1.807) is 18.2 Å². The van der Waals surface area contributed by atoms with Gasteiger partial charge in [-0.1, -0.05) is 53.6 Å². The van der Waals surface area contributed by atoms with Crippen molar-refractivity contribution in [2.24, 2.45) is 0 Å². The van der Waals surface area contributed by atoms with Crippen molar-refractivity contribution >= 4 is 45.6 Å². The summed E-state index contributed by atoms with van der Waals surface area (Å²) < 4.78 is 14.7. The Kier molecular flexibility index (Phi) is 7.17. The van der Waals surface area contributed by atoms with Crippen molar-refractivity contribution in [3.05, 3.63) is 89.5 Å². The fourth-order valence-electron chi connectivity index (χ4n) is 4.73. The van der Waals surface area contributed by atoms with Crippen LogP contribution in [-0.2, 0) is 4.79 Å². The van der Waals surface area contributed by atoms with Crippen LogP contribution >= 0.6 is 11.6 Å². The van der Waals surface area contributed by atoms with E-state index in [1.807, 2.05) is 49.4 Å². The van der Waals surface area contributed by atoms with E-state index >= 15 is 0 Å². The number of benzene rings is 3. The number of nitrogens with zero attached hydrogens (tertiary/aromatic N) is 3. The number of fused-ring (bicyclic) bond motifs is 1. The molecule has 1 aliphatic heterocycles. The predicted octanol–water partition coefficient (Wildman–Crippen LogP) is 6.73. The Balaban J connectivity index is 1.61. The summed E-state index contributed by atoms with van der Waals surface area (Å²) in [5.41, 5.74) is 4.13. The Labute approximate surface area is 220 Å². The highest BCUT2D eigenvalue weighted by molar-refractivity contribution is 6.31. The summed E-state index contributed by atoms with van der Waals surface area (Å²) in [7, 11) is 2.07. The molecule has 0 bridgehead atoms. The van der Waals surface area contributed by atoms with Crippen molar-refractivity contribution < 1.29 is 9.18 Å². The SMILES string of the molecule is Cc1cccc(-c2c(NC(=O)/C=C/C3CCCN3C)ccc3ncnc(Nc4cccc(Cl)c4F)c23)c1. The number of halogens is 2. The Bertz CT molecular complexity index is 1510. The average molecular weight is 516 g/mol. The number of carbonyl (C=O) groups is 1. The first-order valence-corrected chi connectivity index (χ1v) is 12.5. The molecule has 1 atom stereocenters. The van der Waals surface area contributed by atoms with Gasteiger partial charge in [0.05, 0.1) is 21.6 Å². The molecule has 1 amide bonds.